The summed E-state index contributed by atoms with van der Waals surface area (Å²) in [5.74, 6) is 2.85. The van der Waals surface area contributed by atoms with E-state index in [1.54, 1.807) is 10.5 Å². The van der Waals surface area contributed by atoms with Gasteiger partial charge in [-0.1, -0.05) is 12.5 Å². The van der Waals surface area contributed by atoms with Crippen molar-refractivity contribution in [2.75, 3.05) is 12.3 Å². The van der Waals surface area contributed by atoms with E-state index in [1.165, 1.54) is 18.6 Å². The molecule has 2 N–H and O–H groups in total. The molecule has 62 valence electrons. The maximum atomic E-state index is 5.71. The van der Waals surface area contributed by atoms with E-state index >= 15 is 0 Å². The van der Waals surface area contributed by atoms with Crippen molar-refractivity contribution in [1.29, 1.82) is 0 Å². The van der Waals surface area contributed by atoms with Gasteiger partial charge in [0.1, 0.15) is 0 Å². The fourth-order valence-electron chi connectivity index (χ4n) is 2.23. The fourth-order valence-corrected chi connectivity index (χ4v) is 3.65. The highest BCUT2D eigenvalue weighted by molar-refractivity contribution is 8.03. The monoisotopic (exact) mass is 169 g/mol. The van der Waals surface area contributed by atoms with Gasteiger partial charge in [-0.2, -0.15) is 0 Å². The third-order valence-corrected chi connectivity index (χ3v) is 4.26. The highest BCUT2D eigenvalue weighted by Gasteiger charge is 2.32. The average Bonchev–Trinajstić information content (AvgIpc) is 2.54. The summed E-state index contributed by atoms with van der Waals surface area (Å²) >= 11 is 2.06. The normalized spacial score (nSPS) is 36.5. The van der Waals surface area contributed by atoms with Gasteiger partial charge in [-0.25, -0.2) is 0 Å². The number of thioether (sulfide) groups is 1. The second-order valence-corrected chi connectivity index (χ2v) is 4.68. The third-order valence-electron chi connectivity index (χ3n) is 2.80. The molecule has 0 fully saturated rings. The lowest BCUT2D eigenvalue weighted by atomic mass is 9.93. The van der Waals surface area contributed by atoms with Crippen LogP contribution in [0.2, 0.25) is 0 Å². The first kappa shape index (κ1) is 7.69. The van der Waals surface area contributed by atoms with Gasteiger partial charge < -0.3 is 5.73 Å². The van der Waals surface area contributed by atoms with Crippen molar-refractivity contribution in [2.24, 2.45) is 17.6 Å². The molecule has 0 spiro atoms. The summed E-state index contributed by atoms with van der Waals surface area (Å²) in [6.45, 7) is 3.20. The van der Waals surface area contributed by atoms with Crippen LogP contribution in [0.25, 0.3) is 0 Å². The van der Waals surface area contributed by atoms with E-state index in [4.69, 9.17) is 5.73 Å². The molecule has 0 amide bonds. The third kappa shape index (κ3) is 1.13. The number of hydrogen-bond donors (Lipinski definition) is 1. The lowest BCUT2D eigenvalue weighted by Gasteiger charge is -2.14. The second-order valence-electron chi connectivity index (χ2n) is 3.56. The van der Waals surface area contributed by atoms with Crippen LogP contribution in [0.4, 0.5) is 0 Å². The molecular weight excluding hydrogens is 154 g/mol. The van der Waals surface area contributed by atoms with Crippen LogP contribution in [0.3, 0.4) is 0 Å². The van der Waals surface area contributed by atoms with E-state index in [1.807, 2.05) is 0 Å². The summed E-state index contributed by atoms with van der Waals surface area (Å²) in [5.41, 5.74) is 7.41. The number of rotatable bonds is 1. The summed E-state index contributed by atoms with van der Waals surface area (Å²) in [4.78, 5) is 1.67. The Morgan fingerprint density at radius 2 is 2.45 bits per heavy atom. The van der Waals surface area contributed by atoms with E-state index in [9.17, 15) is 0 Å². The van der Waals surface area contributed by atoms with E-state index in [0.717, 1.165) is 18.4 Å². The molecule has 2 rings (SSSR count). The van der Waals surface area contributed by atoms with E-state index in [0.29, 0.717) is 0 Å². The highest BCUT2D eigenvalue weighted by atomic mass is 32.2. The molecule has 0 radical (unpaired) electrons. The van der Waals surface area contributed by atoms with Gasteiger partial charge in [-0.3, -0.25) is 0 Å². The minimum absolute atomic E-state index is 0.731. The van der Waals surface area contributed by atoms with Crippen LogP contribution in [-0.4, -0.2) is 12.3 Å². The van der Waals surface area contributed by atoms with Crippen molar-refractivity contribution < 1.29 is 0 Å². The molecule has 1 nitrogen and oxygen atoms in total. The van der Waals surface area contributed by atoms with Crippen LogP contribution in [0, 0.1) is 11.8 Å². The first-order valence-electron chi connectivity index (χ1n) is 4.38. The first-order valence-corrected chi connectivity index (χ1v) is 5.37. The minimum Gasteiger partial charge on any atom is -0.330 e. The fraction of sp³-hybridized carbons (Fsp3) is 0.778. The average molecular weight is 169 g/mol. The van der Waals surface area contributed by atoms with Crippen molar-refractivity contribution in [3.8, 4) is 0 Å². The number of allylic oxidation sites excluding steroid dienone is 1. The van der Waals surface area contributed by atoms with Gasteiger partial charge >= 0.3 is 0 Å². The van der Waals surface area contributed by atoms with Crippen LogP contribution in [0.15, 0.2) is 10.5 Å². The van der Waals surface area contributed by atoms with Gasteiger partial charge in [-0.05, 0) is 36.1 Å². The molecule has 0 aromatic rings. The van der Waals surface area contributed by atoms with E-state index in [2.05, 4.69) is 18.7 Å². The Bertz CT molecular complexity index is 198. The molecule has 1 aliphatic carbocycles. The van der Waals surface area contributed by atoms with Gasteiger partial charge in [0.15, 0.2) is 0 Å². The Kier molecular flexibility index (Phi) is 1.98. The molecule has 2 atom stereocenters. The van der Waals surface area contributed by atoms with Crippen LogP contribution in [0.1, 0.15) is 19.8 Å². The Morgan fingerprint density at radius 1 is 1.64 bits per heavy atom. The molecule has 0 saturated heterocycles. The zero-order chi connectivity index (χ0) is 7.84. The quantitative estimate of drug-likeness (QED) is 0.649. The molecule has 0 aromatic carbocycles. The SMILES string of the molecule is CC1CSC2=C1C(CN)CC2. The maximum Gasteiger partial charge on any atom is 0.00403 e. The van der Waals surface area contributed by atoms with Gasteiger partial charge in [0.25, 0.3) is 0 Å². The zero-order valence-electron chi connectivity index (χ0n) is 6.97. The first-order chi connectivity index (χ1) is 5.33. The predicted molar refractivity (Wildman–Crippen MR) is 50.4 cm³/mol. The molecule has 0 saturated carbocycles. The zero-order valence-corrected chi connectivity index (χ0v) is 7.79. The molecule has 1 heterocycles. The lowest BCUT2D eigenvalue weighted by Crippen LogP contribution is -2.17. The number of nitrogens with two attached hydrogens (primary N) is 1. The molecule has 0 bridgehead atoms. The van der Waals surface area contributed by atoms with Crippen LogP contribution in [0.5, 0.6) is 0 Å². The molecule has 2 heteroatoms. The van der Waals surface area contributed by atoms with Crippen LogP contribution in [-0.2, 0) is 0 Å². The summed E-state index contributed by atoms with van der Waals surface area (Å²) in [6.07, 6.45) is 2.63. The summed E-state index contributed by atoms with van der Waals surface area (Å²) in [6, 6.07) is 0. The van der Waals surface area contributed by atoms with Gasteiger partial charge in [-0.15, -0.1) is 11.8 Å². The van der Waals surface area contributed by atoms with Gasteiger partial charge in [0.05, 0.1) is 0 Å². The molecule has 2 unspecified atom stereocenters. The smallest absolute Gasteiger partial charge is 0.00403 e. The Hall–Kier alpha value is 0.0500. The molecule has 2 aliphatic rings. The maximum absolute atomic E-state index is 5.71. The van der Waals surface area contributed by atoms with Gasteiger partial charge in [0.2, 0.25) is 0 Å². The van der Waals surface area contributed by atoms with Crippen LogP contribution < -0.4 is 5.73 Å². The van der Waals surface area contributed by atoms with Crippen molar-refractivity contribution in [1.82, 2.24) is 0 Å². The summed E-state index contributed by atoms with van der Waals surface area (Å²) < 4.78 is 0. The Morgan fingerprint density at radius 3 is 3.18 bits per heavy atom. The summed E-state index contributed by atoms with van der Waals surface area (Å²) in [5, 5.41) is 0. The Labute approximate surface area is 72.4 Å². The van der Waals surface area contributed by atoms with Crippen LogP contribution >= 0.6 is 11.8 Å². The lowest BCUT2D eigenvalue weighted by molar-refractivity contribution is 0.560. The largest absolute Gasteiger partial charge is 0.330 e. The van der Waals surface area contributed by atoms with Gasteiger partial charge in [0, 0.05) is 5.75 Å². The predicted octanol–water partition coefficient (Wildman–Crippen LogP) is 1.99. The van der Waals surface area contributed by atoms with Crippen molar-refractivity contribution in [3.05, 3.63) is 10.5 Å². The van der Waals surface area contributed by atoms with E-state index in [-0.39, 0.29) is 0 Å². The summed E-state index contributed by atoms with van der Waals surface area (Å²) in [7, 11) is 0. The standard InChI is InChI=1S/C9H15NS/c1-6-5-11-8-3-2-7(4-10)9(6)8/h6-7H,2-5,10H2,1H3. The van der Waals surface area contributed by atoms with E-state index < -0.39 is 0 Å². The van der Waals surface area contributed by atoms with Crippen molar-refractivity contribution in [2.45, 2.75) is 19.8 Å². The molecule has 11 heavy (non-hydrogen) atoms. The second kappa shape index (κ2) is 2.83. The highest BCUT2D eigenvalue weighted by Crippen LogP contribution is 2.48. The Balaban J connectivity index is 2.21. The minimum atomic E-state index is 0.731. The number of hydrogen-bond acceptors (Lipinski definition) is 2. The topological polar surface area (TPSA) is 26.0 Å². The van der Waals surface area contributed by atoms with Crippen molar-refractivity contribution >= 4 is 11.8 Å². The van der Waals surface area contributed by atoms with Crippen molar-refractivity contribution in [3.63, 3.8) is 0 Å². The molecule has 0 aromatic heterocycles. The molecule has 1 aliphatic heterocycles. The molecular formula is C9H15NS.